The summed E-state index contributed by atoms with van der Waals surface area (Å²) in [5.74, 6) is -1.48. The highest BCUT2D eigenvalue weighted by Gasteiger charge is 2.11. The van der Waals surface area contributed by atoms with Gasteiger partial charge in [-0.05, 0) is 53.6 Å². The molecule has 0 saturated carbocycles. The van der Waals surface area contributed by atoms with Crippen LogP contribution >= 0.6 is 0 Å². The molecular weight excluding hydrogens is 366 g/mol. The third-order valence-electron chi connectivity index (χ3n) is 4.01. The van der Waals surface area contributed by atoms with Crippen LogP contribution in [0.5, 0.6) is 11.5 Å². The highest BCUT2D eigenvalue weighted by molar-refractivity contribution is 5.94. The standard InChI is InChI=1S/C21H18F2N2O3/c1-27-20-10-15(2-5-19(20)28-13-14-6-8-24-9-7-14)12-25-21(26)16-3-4-17(22)18(23)11-16/h2-11H,12-13H2,1H3,(H,25,26). The molecule has 3 rings (SSSR count). The van der Waals surface area contributed by atoms with Gasteiger partial charge in [-0.2, -0.15) is 0 Å². The molecular formula is C21H18F2N2O3. The van der Waals surface area contributed by atoms with E-state index in [1.54, 1.807) is 30.6 Å². The zero-order valence-corrected chi connectivity index (χ0v) is 15.1. The van der Waals surface area contributed by atoms with Crippen LogP contribution in [0.3, 0.4) is 0 Å². The largest absolute Gasteiger partial charge is 0.493 e. The summed E-state index contributed by atoms with van der Waals surface area (Å²) in [5.41, 5.74) is 1.78. The van der Waals surface area contributed by atoms with Gasteiger partial charge in [0, 0.05) is 24.5 Å². The van der Waals surface area contributed by atoms with Gasteiger partial charge in [0.05, 0.1) is 7.11 Å². The monoisotopic (exact) mass is 384 g/mol. The molecule has 0 aliphatic carbocycles. The predicted molar refractivity (Wildman–Crippen MR) is 99.1 cm³/mol. The Morgan fingerprint density at radius 2 is 1.75 bits per heavy atom. The van der Waals surface area contributed by atoms with Crippen LogP contribution in [0, 0.1) is 11.6 Å². The number of hydrogen-bond acceptors (Lipinski definition) is 4. The molecule has 7 heteroatoms. The van der Waals surface area contributed by atoms with E-state index in [9.17, 15) is 13.6 Å². The average Bonchev–Trinajstić information content (AvgIpc) is 2.73. The third-order valence-corrected chi connectivity index (χ3v) is 4.01. The van der Waals surface area contributed by atoms with E-state index in [1.807, 2.05) is 12.1 Å². The Morgan fingerprint density at radius 1 is 0.964 bits per heavy atom. The first-order valence-electron chi connectivity index (χ1n) is 8.48. The second kappa shape index (κ2) is 8.94. The lowest BCUT2D eigenvalue weighted by Crippen LogP contribution is -2.23. The fourth-order valence-corrected chi connectivity index (χ4v) is 2.50. The molecule has 1 heterocycles. The Kier molecular flexibility index (Phi) is 6.16. The number of carbonyl (C=O) groups is 1. The van der Waals surface area contributed by atoms with Crippen molar-refractivity contribution in [2.45, 2.75) is 13.2 Å². The van der Waals surface area contributed by atoms with E-state index < -0.39 is 17.5 Å². The van der Waals surface area contributed by atoms with Gasteiger partial charge in [-0.1, -0.05) is 6.07 Å². The molecule has 2 aromatic carbocycles. The van der Waals surface area contributed by atoms with Gasteiger partial charge in [0.15, 0.2) is 23.1 Å². The van der Waals surface area contributed by atoms with Gasteiger partial charge in [0.25, 0.3) is 5.91 Å². The Labute approximate surface area is 160 Å². The van der Waals surface area contributed by atoms with Crippen molar-refractivity contribution in [3.05, 3.63) is 89.2 Å². The predicted octanol–water partition coefficient (Wildman–Crippen LogP) is 3.88. The van der Waals surface area contributed by atoms with E-state index in [2.05, 4.69) is 10.3 Å². The molecule has 0 saturated heterocycles. The lowest BCUT2D eigenvalue weighted by Gasteiger charge is -2.13. The van der Waals surface area contributed by atoms with Crippen LogP contribution in [0.15, 0.2) is 60.9 Å². The van der Waals surface area contributed by atoms with E-state index >= 15 is 0 Å². The number of methoxy groups -OCH3 is 1. The van der Waals surface area contributed by atoms with Crippen molar-refractivity contribution in [2.75, 3.05) is 7.11 Å². The minimum atomic E-state index is -1.06. The molecule has 1 N–H and O–H groups in total. The highest BCUT2D eigenvalue weighted by Crippen LogP contribution is 2.28. The highest BCUT2D eigenvalue weighted by atomic mass is 19.2. The number of rotatable bonds is 7. The molecule has 5 nitrogen and oxygen atoms in total. The fourth-order valence-electron chi connectivity index (χ4n) is 2.50. The normalized spacial score (nSPS) is 10.4. The van der Waals surface area contributed by atoms with Gasteiger partial charge in [-0.15, -0.1) is 0 Å². The molecule has 0 fully saturated rings. The van der Waals surface area contributed by atoms with Crippen LogP contribution < -0.4 is 14.8 Å². The number of amides is 1. The third kappa shape index (κ3) is 4.82. The van der Waals surface area contributed by atoms with E-state index in [0.717, 1.165) is 23.3 Å². The molecule has 1 amide bonds. The van der Waals surface area contributed by atoms with E-state index in [1.165, 1.54) is 13.2 Å². The summed E-state index contributed by atoms with van der Waals surface area (Å²) in [4.78, 5) is 16.1. The minimum absolute atomic E-state index is 0.0446. The maximum absolute atomic E-state index is 13.3. The molecule has 0 aliphatic heterocycles. The topological polar surface area (TPSA) is 60.5 Å². The maximum Gasteiger partial charge on any atom is 0.251 e. The molecule has 144 valence electrons. The van der Waals surface area contributed by atoms with Crippen LogP contribution in [0.25, 0.3) is 0 Å². The number of nitrogens with zero attached hydrogens (tertiary/aromatic N) is 1. The van der Waals surface area contributed by atoms with E-state index in [0.29, 0.717) is 18.1 Å². The van der Waals surface area contributed by atoms with Crippen molar-refractivity contribution in [3.63, 3.8) is 0 Å². The first-order valence-corrected chi connectivity index (χ1v) is 8.48. The average molecular weight is 384 g/mol. The summed E-state index contributed by atoms with van der Waals surface area (Å²) in [6, 6.07) is 12.0. The Bertz CT molecular complexity index is 965. The molecule has 1 aromatic heterocycles. The zero-order chi connectivity index (χ0) is 19.9. The van der Waals surface area contributed by atoms with Gasteiger partial charge < -0.3 is 14.8 Å². The van der Waals surface area contributed by atoms with Gasteiger partial charge in [0.1, 0.15) is 6.61 Å². The summed E-state index contributed by atoms with van der Waals surface area (Å²) in [6.45, 7) is 0.559. The second-order valence-electron chi connectivity index (χ2n) is 5.94. The van der Waals surface area contributed by atoms with Gasteiger partial charge in [0.2, 0.25) is 0 Å². The Hall–Kier alpha value is -3.48. The van der Waals surface area contributed by atoms with Crippen LogP contribution in [0.4, 0.5) is 8.78 Å². The quantitative estimate of drug-likeness (QED) is 0.672. The van der Waals surface area contributed by atoms with Crippen LogP contribution in [0.1, 0.15) is 21.5 Å². The summed E-state index contributed by atoms with van der Waals surface area (Å²) >= 11 is 0. The number of ether oxygens (including phenoxy) is 2. The number of benzene rings is 2. The van der Waals surface area contributed by atoms with Gasteiger partial charge >= 0.3 is 0 Å². The van der Waals surface area contributed by atoms with Crippen molar-refractivity contribution in [2.24, 2.45) is 0 Å². The number of carbonyl (C=O) groups excluding carboxylic acids is 1. The molecule has 0 atom stereocenters. The number of halogens is 2. The molecule has 28 heavy (non-hydrogen) atoms. The lowest BCUT2D eigenvalue weighted by molar-refractivity contribution is 0.0950. The summed E-state index contributed by atoms with van der Waals surface area (Å²) in [7, 11) is 1.53. The lowest BCUT2D eigenvalue weighted by atomic mass is 10.1. The van der Waals surface area contributed by atoms with Gasteiger partial charge in [-0.3, -0.25) is 9.78 Å². The molecule has 0 spiro atoms. The number of nitrogens with one attached hydrogen (secondary N) is 1. The van der Waals surface area contributed by atoms with Crippen LogP contribution in [-0.4, -0.2) is 18.0 Å². The van der Waals surface area contributed by atoms with Crippen molar-refractivity contribution < 1.29 is 23.0 Å². The Morgan fingerprint density at radius 3 is 2.46 bits per heavy atom. The fraction of sp³-hybridized carbons (Fsp3) is 0.143. The molecule has 0 unspecified atom stereocenters. The van der Waals surface area contributed by atoms with Crippen molar-refractivity contribution in [1.29, 1.82) is 0 Å². The zero-order valence-electron chi connectivity index (χ0n) is 15.1. The summed E-state index contributed by atoms with van der Waals surface area (Å²) in [5, 5.41) is 2.66. The smallest absolute Gasteiger partial charge is 0.251 e. The minimum Gasteiger partial charge on any atom is -0.493 e. The van der Waals surface area contributed by atoms with Crippen molar-refractivity contribution in [1.82, 2.24) is 10.3 Å². The van der Waals surface area contributed by atoms with Crippen molar-refractivity contribution in [3.8, 4) is 11.5 Å². The number of pyridine rings is 1. The number of aromatic nitrogens is 1. The Balaban J connectivity index is 1.63. The summed E-state index contributed by atoms with van der Waals surface area (Å²) in [6.07, 6.45) is 3.38. The van der Waals surface area contributed by atoms with Crippen molar-refractivity contribution >= 4 is 5.91 Å². The molecule has 3 aromatic rings. The molecule has 0 bridgehead atoms. The molecule has 0 radical (unpaired) electrons. The van der Waals surface area contributed by atoms with Crippen LogP contribution in [-0.2, 0) is 13.2 Å². The molecule has 0 aliphatic rings. The second-order valence-corrected chi connectivity index (χ2v) is 5.94. The summed E-state index contributed by atoms with van der Waals surface area (Å²) < 4.78 is 37.3. The number of hydrogen-bond donors (Lipinski definition) is 1. The van der Waals surface area contributed by atoms with Crippen LogP contribution in [0.2, 0.25) is 0 Å². The first-order chi connectivity index (χ1) is 13.6. The van der Waals surface area contributed by atoms with Gasteiger partial charge in [-0.25, -0.2) is 8.78 Å². The maximum atomic E-state index is 13.3. The van der Waals surface area contributed by atoms with E-state index in [-0.39, 0.29) is 12.1 Å². The van der Waals surface area contributed by atoms with E-state index in [4.69, 9.17) is 9.47 Å². The first kappa shape index (κ1) is 19.3. The SMILES string of the molecule is COc1cc(CNC(=O)c2ccc(F)c(F)c2)ccc1OCc1ccncc1.